The van der Waals surface area contributed by atoms with Gasteiger partial charge < -0.3 is 14.9 Å². The maximum atomic E-state index is 13.3. The molecule has 1 aliphatic heterocycles. The summed E-state index contributed by atoms with van der Waals surface area (Å²) >= 11 is 0. The molecule has 4 rings (SSSR count). The second kappa shape index (κ2) is 9.69. The maximum absolute atomic E-state index is 13.3. The lowest BCUT2D eigenvalue weighted by Gasteiger charge is -2.32. The topological polar surface area (TPSA) is 107 Å². The largest absolute Gasteiger partial charge is 0.465 e. The van der Waals surface area contributed by atoms with E-state index in [9.17, 15) is 18.0 Å². The van der Waals surface area contributed by atoms with E-state index < -0.39 is 16.1 Å². The number of carboxylic acid groups (broad SMARTS) is 1. The van der Waals surface area contributed by atoms with Crippen molar-refractivity contribution >= 4 is 32.8 Å². The SMILES string of the molecule is CN(C(=O)c1ccc(S(=O)(=O)NC2CCN(C(=O)O)CC2)c2ccccc12)C1CCCCC1. The second-order valence-electron chi connectivity index (χ2n) is 9.03. The Bertz CT molecular complexity index is 1140. The number of fused-ring (bicyclic) bond motifs is 1. The molecule has 33 heavy (non-hydrogen) atoms. The van der Waals surface area contributed by atoms with E-state index in [1.165, 1.54) is 17.4 Å². The Morgan fingerprint density at radius 2 is 1.61 bits per heavy atom. The van der Waals surface area contributed by atoms with Gasteiger partial charge >= 0.3 is 6.09 Å². The van der Waals surface area contributed by atoms with Crippen LogP contribution in [0.3, 0.4) is 0 Å². The van der Waals surface area contributed by atoms with E-state index >= 15 is 0 Å². The van der Waals surface area contributed by atoms with Gasteiger partial charge in [0.05, 0.1) is 4.90 Å². The minimum atomic E-state index is -3.85. The van der Waals surface area contributed by atoms with Crippen molar-refractivity contribution in [2.45, 2.75) is 61.9 Å². The third kappa shape index (κ3) is 4.99. The second-order valence-corrected chi connectivity index (χ2v) is 10.7. The zero-order chi connectivity index (χ0) is 23.6. The van der Waals surface area contributed by atoms with Crippen molar-refractivity contribution in [1.82, 2.24) is 14.5 Å². The summed E-state index contributed by atoms with van der Waals surface area (Å²) in [6, 6.07) is 10.1. The number of hydrogen-bond donors (Lipinski definition) is 2. The van der Waals surface area contributed by atoms with Crippen molar-refractivity contribution < 1.29 is 23.1 Å². The lowest BCUT2D eigenvalue weighted by Crippen LogP contribution is -2.46. The van der Waals surface area contributed by atoms with Crippen LogP contribution in [0.15, 0.2) is 41.3 Å². The molecule has 0 spiro atoms. The number of benzene rings is 2. The van der Waals surface area contributed by atoms with Crippen LogP contribution in [0.5, 0.6) is 0 Å². The van der Waals surface area contributed by atoms with Gasteiger partial charge in [-0.1, -0.05) is 43.5 Å². The summed E-state index contributed by atoms with van der Waals surface area (Å²) < 4.78 is 29.3. The molecular formula is C24H31N3O5S. The summed E-state index contributed by atoms with van der Waals surface area (Å²) in [5.41, 5.74) is 0.507. The smallest absolute Gasteiger partial charge is 0.407 e. The fourth-order valence-corrected chi connectivity index (χ4v) is 6.50. The molecule has 178 valence electrons. The Morgan fingerprint density at radius 1 is 0.970 bits per heavy atom. The normalized spacial score (nSPS) is 18.4. The lowest BCUT2D eigenvalue weighted by molar-refractivity contribution is 0.0698. The van der Waals surface area contributed by atoms with Gasteiger partial charge in [-0.2, -0.15) is 0 Å². The highest BCUT2D eigenvalue weighted by Gasteiger charge is 2.29. The first-order valence-corrected chi connectivity index (χ1v) is 13.1. The molecule has 0 bridgehead atoms. The molecule has 0 aromatic heterocycles. The average Bonchev–Trinajstić information content (AvgIpc) is 2.83. The molecule has 2 aromatic carbocycles. The lowest BCUT2D eigenvalue weighted by atomic mass is 9.93. The molecule has 8 nitrogen and oxygen atoms in total. The van der Waals surface area contributed by atoms with Crippen molar-refractivity contribution in [1.29, 1.82) is 0 Å². The number of piperidine rings is 1. The monoisotopic (exact) mass is 473 g/mol. The van der Waals surface area contributed by atoms with Crippen molar-refractivity contribution in [3.8, 4) is 0 Å². The van der Waals surface area contributed by atoms with E-state index in [1.54, 1.807) is 24.3 Å². The fraction of sp³-hybridized carbons (Fsp3) is 0.500. The van der Waals surface area contributed by atoms with Gasteiger partial charge in [-0.25, -0.2) is 17.9 Å². The fourth-order valence-electron chi connectivity index (χ4n) is 4.99. The highest BCUT2D eigenvalue weighted by Crippen LogP contribution is 2.29. The number of amides is 2. The van der Waals surface area contributed by atoms with Crippen LogP contribution in [0.1, 0.15) is 55.3 Å². The predicted octanol–water partition coefficient (Wildman–Crippen LogP) is 3.67. The standard InChI is InChI=1S/C24H31N3O5S/c1-26(18-7-3-2-4-8-18)23(28)21-11-12-22(20-10-6-5-9-19(20)21)33(31,32)25-17-13-15-27(16-14-17)24(29)30/h5-6,9-12,17-18,25H,2-4,7-8,13-16H2,1H3,(H,29,30). The summed E-state index contributed by atoms with van der Waals surface area (Å²) in [7, 11) is -2.01. The van der Waals surface area contributed by atoms with E-state index in [0.717, 1.165) is 25.7 Å². The van der Waals surface area contributed by atoms with Crippen LogP contribution < -0.4 is 4.72 Å². The van der Waals surface area contributed by atoms with Crippen LogP contribution in [-0.4, -0.2) is 67.5 Å². The molecule has 0 atom stereocenters. The van der Waals surface area contributed by atoms with Gasteiger partial charge in [-0.15, -0.1) is 0 Å². The van der Waals surface area contributed by atoms with Gasteiger partial charge in [-0.05, 0) is 43.2 Å². The number of sulfonamides is 1. The maximum Gasteiger partial charge on any atom is 0.407 e. The van der Waals surface area contributed by atoms with Gasteiger partial charge in [0.15, 0.2) is 0 Å². The van der Waals surface area contributed by atoms with Crippen molar-refractivity contribution in [2.24, 2.45) is 0 Å². The number of carbonyl (C=O) groups excluding carboxylic acids is 1. The van der Waals surface area contributed by atoms with Crippen molar-refractivity contribution in [3.63, 3.8) is 0 Å². The quantitative estimate of drug-likeness (QED) is 0.689. The van der Waals surface area contributed by atoms with Crippen molar-refractivity contribution in [3.05, 3.63) is 42.0 Å². The first-order chi connectivity index (χ1) is 15.8. The molecule has 1 heterocycles. The van der Waals surface area contributed by atoms with E-state index in [4.69, 9.17) is 5.11 Å². The minimum Gasteiger partial charge on any atom is -0.465 e. The van der Waals surface area contributed by atoms with Crippen LogP contribution in [0, 0.1) is 0 Å². The van der Waals surface area contributed by atoms with Gasteiger partial charge in [0.1, 0.15) is 0 Å². The highest BCUT2D eigenvalue weighted by molar-refractivity contribution is 7.89. The summed E-state index contributed by atoms with van der Waals surface area (Å²) in [6.45, 7) is 0.592. The third-order valence-electron chi connectivity index (χ3n) is 6.93. The number of nitrogens with zero attached hydrogens (tertiary/aromatic N) is 2. The first-order valence-electron chi connectivity index (χ1n) is 11.6. The van der Waals surface area contributed by atoms with E-state index in [-0.39, 0.29) is 22.9 Å². The van der Waals surface area contributed by atoms with Gasteiger partial charge in [0.25, 0.3) is 5.91 Å². The molecule has 2 fully saturated rings. The molecule has 1 saturated carbocycles. The Labute approximate surface area is 194 Å². The first kappa shape index (κ1) is 23.5. The number of likely N-dealkylation sites (tertiary alicyclic amines) is 1. The molecule has 1 saturated heterocycles. The van der Waals surface area contributed by atoms with Gasteiger partial charge in [0, 0.05) is 43.2 Å². The van der Waals surface area contributed by atoms with E-state index in [0.29, 0.717) is 42.3 Å². The average molecular weight is 474 g/mol. The molecule has 9 heteroatoms. The summed E-state index contributed by atoms with van der Waals surface area (Å²) in [4.78, 5) is 27.7. The summed E-state index contributed by atoms with van der Waals surface area (Å²) in [6.07, 6.45) is 5.30. The van der Waals surface area contributed by atoms with Crippen LogP contribution in [-0.2, 0) is 10.0 Å². The summed E-state index contributed by atoms with van der Waals surface area (Å²) in [5, 5.41) is 10.2. The van der Waals surface area contributed by atoms with Gasteiger partial charge in [-0.3, -0.25) is 4.79 Å². The minimum absolute atomic E-state index is 0.0870. The zero-order valence-corrected chi connectivity index (χ0v) is 19.7. The molecule has 2 aliphatic rings. The molecule has 0 radical (unpaired) electrons. The number of rotatable bonds is 5. The van der Waals surface area contributed by atoms with Gasteiger partial charge in [0.2, 0.25) is 10.0 Å². The Balaban J connectivity index is 1.59. The number of hydrogen-bond acceptors (Lipinski definition) is 4. The Morgan fingerprint density at radius 3 is 2.24 bits per heavy atom. The summed E-state index contributed by atoms with van der Waals surface area (Å²) in [5.74, 6) is -0.0870. The molecule has 2 N–H and O–H groups in total. The van der Waals surface area contributed by atoms with E-state index in [1.807, 2.05) is 18.0 Å². The molecule has 1 aliphatic carbocycles. The Kier molecular flexibility index (Phi) is 6.90. The predicted molar refractivity (Wildman–Crippen MR) is 126 cm³/mol. The van der Waals surface area contributed by atoms with Crippen LogP contribution >= 0.6 is 0 Å². The molecule has 2 amide bonds. The van der Waals surface area contributed by atoms with Crippen LogP contribution in [0.2, 0.25) is 0 Å². The third-order valence-corrected chi connectivity index (χ3v) is 8.51. The van der Waals surface area contributed by atoms with Crippen LogP contribution in [0.4, 0.5) is 4.79 Å². The van der Waals surface area contributed by atoms with E-state index in [2.05, 4.69) is 4.72 Å². The van der Waals surface area contributed by atoms with Crippen LogP contribution in [0.25, 0.3) is 10.8 Å². The van der Waals surface area contributed by atoms with Crippen molar-refractivity contribution in [2.75, 3.05) is 20.1 Å². The Hall–Kier alpha value is -2.65. The number of carbonyl (C=O) groups is 2. The molecule has 2 aromatic rings. The molecular weight excluding hydrogens is 442 g/mol. The number of nitrogens with one attached hydrogen (secondary N) is 1. The zero-order valence-electron chi connectivity index (χ0n) is 18.9. The highest BCUT2D eigenvalue weighted by atomic mass is 32.2. The molecule has 0 unspecified atom stereocenters.